The number of carbonyl (C=O) groups is 2. The van der Waals surface area contributed by atoms with Crippen LogP contribution in [0.1, 0.15) is 279 Å². The molecular weight excluding hydrogens is 816 g/mol. The standard InChI is InChI=1S/C54H94O7S.Na/c1-3-5-7-9-11-13-15-17-19-21-23-25-27-29-31-33-35-37-39-41-43-48-60-53(55)50-46-45-47-51(62(57,58)59)52(50)54(56)61-49-44-42-40-38-36-34-32-30-28-26-24-22-20-18-16-14-12-10-8-6-4-2;/h19-22,45-47H,3-18,23-44,48-49H2,1-2H3,(H,57,58,59);/q;+1/p-1/b21-19+,22-20+;. The summed E-state index contributed by atoms with van der Waals surface area (Å²) in [6.07, 6.45) is 56.1. The van der Waals surface area contributed by atoms with Gasteiger partial charge in [0, 0.05) is 0 Å². The number of allylic oxidation sites excluding steroid dienone is 4. The molecule has 0 aromatic heterocycles. The maximum Gasteiger partial charge on any atom is 1.00 e. The number of ether oxygens (including phenoxy) is 2. The van der Waals surface area contributed by atoms with Crippen LogP contribution in [0.2, 0.25) is 0 Å². The molecule has 0 aliphatic carbocycles. The normalized spacial score (nSPS) is 11.7. The molecule has 0 heterocycles. The minimum atomic E-state index is -5.02. The Balaban J connectivity index is 0.0000384. The molecule has 0 bridgehead atoms. The zero-order chi connectivity index (χ0) is 45.0. The van der Waals surface area contributed by atoms with E-state index in [0.717, 1.165) is 44.6 Å². The summed E-state index contributed by atoms with van der Waals surface area (Å²) in [6, 6.07) is 3.64. The fourth-order valence-corrected chi connectivity index (χ4v) is 8.76. The second kappa shape index (κ2) is 45.7. The quantitative estimate of drug-likeness (QED) is 0.0211. The largest absolute Gasteiger partial charge is 1.00 e. The molecule has 0 atom stereocenters. The molecular formula is C54H93NaO7S. The van der Waals surface area contributed by atoms with E-state index in [4.69, 9.17) is 9.47 Å². The molecule has 0 aliphatic heterocycles. The molecule has 0 fully saturated rings. The van der Waals surface area contributed by atoms with Gasteiger partial charge in [-0.25, -0.2) is 18.0 Å². The molecule has 0 aliphatic rings. The van der Waals surface area contributed by atoms with E-state index in [1.54, 1.807) is 0 Å². The molecule has 0 amide bonds. The van der Waals surface area contributed by atoms with E-state index in [9.17, 15) is 22.6 Å². The fourth-order valence-electron chi connectivity index (χ4n) is 8.07. The van der Waals surface area contributed by atoms with Gasteiger partial charge < -0.3 is 14.0 Å². The van der Waals surface area contributed by atoms with Gasteiger partial charge in [-0.3, -0.25) is 0 Å². The van der Waals surface area contributed by atoms with Gasteiger partial charge in [0.1, 0.15) is 10.1 Å². The second-order valence-electron chi connectivity index (χ2n) is 17.8. The van der Waals surface area contributed by atoms with Crippen LogP contribution in [0.3, 0.4) is 0 Å². The molecule has 1 aromatic carbocycles. The van der Waals surface area contributed by atoms with Crippen molar-refractivity contribution in [1.29, 1.82) is 0 Å². The molecule has 0 radical (unpaired) electrons. The Morgan fingerprint density at radius 1 is 0.444 bits per heavy atom. The van der Waals surface area contributed by atoms with Crippen LogP contribution in [-0.2, 0) is 19.6 Å². The average Bonchev–Trinajstić information content (AvgIpc) is 3.26. The minimum absolute atomic E-state index is 0. The van der Waals surface area contributed by atoms with Gasteiger partial charge in [-0.1, -0.05) is 224 Å². The van der Waals surface area contributed by atoms with E-state index in [1.807, 2.05) is 0 Å². The third-order valence-electron chi connectivity index (χ3n) is 12.0. The first-order chi connectivity index (χ1) is 30.3. The van der Waals surface area contributed by atoms with Gasteiger partial charge in [-0.2, -0.15) is 0 Å². The predicted molar refractivity (Wildman–Crippen MR) is 260 cm³/mol. The zero-order valence-corrected chi connectivity index (χ0v) is 43.9. The fraction of sp³-hybridized carbons (Fsp3) is 0.778. The Bertz CT molecular complexity index is 1380. The molecule has 358 valence electrons. The van der Waals surface area contributed by atoms with Gasteiger partial charge in [0.15, 0.2) is 0 Å². The van der Waals surface area contributed by atoms with Crippen LogP contribution >= 0.6 is 0 Å². The summed E-state index contributed by atoms with van der Waals surface area (Å²) in [6.45, 7) is 4.78. The van der Waals surface area contributed by atoms with Gasteiger partial charge >= 0.3 is 41.5 Å². The number of unbranched alkanes of at least 4 members (excludes halogenated alkanes) is 34. The molecule has 1 aromatic rings. The molecule has 0 saturated carbocycles. The van der Waals surface area contributed by atoms with Gasteiger partial charge in [-0.15, -0.1) is 0 Å². The van der Waals surface area contributed by atoms with Gasteiger partial charge in [-0.05, 0) is 76.3 Å². The Morgan fingerprint density at radius 3 is 1.05 bits per heavy atom. The van der Waals surface area contributed by atoms with Gasteiger partial charge in [0.05, 0.1) is 29.2 Å². The SMILES string of the molecule is CCCCCCCCC/C=C/CCCCCCCCCCCCOC(=O)c1cccc(S(=O)(=O)[O-])c1C(=O)OCCCCCCCCCCCC/C=C/CCCCCCCCC.[Na+]. The topological polar surface area (TPSA) is 110 Å². The molecule has 63 heavy (non-hydrogen) atoms. The maximum atomic E-state index is 13.1. The van der Waals surface area contributed by atoms with Crippen LogP contribution in [0.25, 0.3) is 0 Å². The van der Waals surface area contributed by atoms with Crippen LogP contribution in [0.5, 0.6) is 0 Å². The average molecular weight is 909 g/mol. The van der Waals surface area contributed by atoms with Crippen molar-refractivity contribution >= 4 is 22.1 Å². The van der Waals surface area contributed by atoms with Crippen LogP contribution in [0, 0.1) is 0 Å². The molecule has 1 rings (SSSR count). The first-order valence-electron chi connectivity index (χ1n) is 26.1. The summed E-state index contributed by atoms with van der Waals surface area (Å²) in [5, 5.41) is 0. The van der Waals surface area contributed by atoms with Crippen LogP contribution < -0.4 is 29.6 Å². The monoisotopic (exact) mass is 909 g/mol. The van der Waals surface area contributed by atoms with Crippen molar-refractivity contribution in [3.8, 4) is 0 Å². The van der Waals surface area contributed by atoms with E-state index in [1.165, 1.54) is 205 Å². The number of esters is 2. The summed E-state index contributed by atoms with van der Waals surface area (Å²) in [5.74, 6) is -1.81. The first-order valence-corrected chi connectivity index (χ1v) is 27.5. The van der Waals surface area contributed by atoms with Crippen LogP contribution in [0.15, 0.2) is 47.4 Å². The van der Waals surface area contributed by atoms with Crippen LogP contribution in [0.4, 0.5) is 0 Å². The molecule has 9 heteroatoms. The number of hydrogen-bond acceptors (Lipinski definition) is 7. The van der Waals surface area contributed by atoms with Crippen LogP contribution in [-0.4, -0.2) is 38.1 Å². The van der Waals surface area contributed by atoms with E-state index >= 15 is 0 Å². The van der Waals surface area contributed by atoms with E-state index in [2.05, 4.69) is 38.2 Å². The second-order valence-corrected chi connectivity index (χ2v) is 19.2. The minimum Gasteiger partial charge on any atom is -0.744 e. The first kappa shape index (κ1) is 61.5. The van der Waals surface area contributed by atoms with Crippen molar-refractivity contribution in [2.75, 3.05) is 13.2 Å². The summed E-state index contributed by atoms with van der Waals surface area (Å²) in [7, 11) is -5.02. The molecule has 0 saturated heterocycles. The van der Waals surface area contributed by atoms with E-state index < -0.39 is 32.5 Å². The summed E-state index contributed by atoms with van der Waals surface area (Å²) >= 11 is 0. The Kier molecular flexibility index (Phi) is 44.6. The van der Waals surface area contributed by atoms with Crippen molar-refractivity contribution < 1.29 is 61.6 Å². The third kappa shape index (κ3) is 37.3. The summed E-state index contributed by atoms with van der Waals surface area (Å²) in [4.78, 5) is 25.3. The zero-order valence-electron chi connectivity index (χ0n) is 41.1. The van der Waals surface area contributed by atoms with Crippen molar-refractivity contribution in [2.45, 2.75) is 263 Å². The van der Waals surface area contributed by atoms with E-state index in [0.29, 0.717) is 12.8 Å². The number of hydrogen-bond donors (Lipinski definition) is 0. The Labute approximate surface area is 410 Å². The Morgan fingerprint density at radius 2 is 0.730 bits per heavy atom. The van der Waals surface area contributed by atoms with E-state index in [-0.39, 0.29) is 48.3 Å². The third-order valence-corrected chi connectivity index (χ3v) is 12.9. The van der Waals surface area contributed by atoms with Crippen molar-refractivity contribution in [3.05, 3.63) is 53.6 Å². The van der Waals surface area contributed by atoms with Gasteiger partial charge in [0.25, 0.3) is 0 Å². The number of carbonyl (C=O) groups excluding carboxylic acids is 2. The number of rotatable bonds is 45. The Hall–Kier alpha value is -1.45. The molecule has 0 spiro atoms. The molecule has 0 unspecified atom stereocenters. The smallest absolute Gasteiger partial charge is 0.744 e. The van der Waals surface area contributed by atoms with Crippen molar-refractivity contribution in [3.63, 3.8) is 0 Å². The van der Waals surface area contributed by atoms with Crippen molar-refractivity contribution in [1.82, 2.24) is 0 Å². The molecule has 0 N–H and O–H groups in total. The molecule has 7 nitrogen and oxygen atoms in total. The van der Waals surface area contributed by atoms with Gasteiger partial charge in [0.2, 0.25) is 0 Å². The summed E-state index contributed by atoms with van der Waals surface area (Å²) in [5.41, 5.74) is -0.774. The maximum absolute atomic E-state index is 13.1. The number of benzene rings is 1. The van der Waals surface area contributed by atoms with Crippen molar-refractivity contribution in [2.24, 2.45) is 0 Å². The summed E-state index contributed by atoms with van der Waals surface area (Å²) < 4.78 is 47.0. The predicted octanol–water partition coefficient (Wildman–Crippen LogP) is 13.9.